The van der Waals surface area contributed by atoms with Crippen molar-refractivity contribution in [3.05, 3.63) is 23.7 Å². The number of benzene rings is 1. The van der Waals surface area contributed by atoms with Crippen molar-refractivity contribution in [3.8, 4) is 0 Å². The van der Waals surface area contributed by atoms with E-state index in [0.717, 1.165) is 42.1 Å². The van der Waals surface area contributed by atoms with Gasteiger partial charge in [-0.25, -0.2) is 9.78 Å². The van der Waals surface area contributed by atoms with E-state index in [1.165, 1.54) is 0 Å². The van der Waals surface area contributed by atoms with Gasteiger partial charge in [-0.2, -0.15) is 0 Å². The Hall–Kier alpha value is -1.70. The normalized spacial score (nSPS) is 18.0. The summed E-state index contributed by atoms with van der Waals surface area (Å²) in [4.78, 5) is 18.5. The molecule has 0 unspecified atom stereocenters. The number of ether oxygens (including phenoxy) is 1. The third kappa shape index (κ3) is 4.40. The lowest BCUT2D eigenvalue weighted by Crippen LogP contribution is -2.50. The van der Waals surface area contributed by atoms with Crippen LogP contribution in [0, 0.1) is 0 Å². The zero-order valence-electron chi connectivity index (χ0n) is 13.5. The molecule has 1 fully saturated rings. The Morgan fingerprint density at radius 1 is 1.48 bits per heavy atom. The predicted octanol–water partition coefficient (Wildman–Crippen LogP) is 2.53. The zero-order chi connectivity index (χ0) is 16.3. The van der Waals surface area contributed by atoms with E-state index in [2.05, 4.69) is 34.4 Å². The second-order valence-electron chi connectivity index (χ2n) is 6.30. The van der Waals surface area contributed by atoms with Gasteiger partial charge in [-0.05, 0) is 32.0 Å². The summed E-state index contributed by atoms with van der Waals surface area (Å²) in [5, 5.41) is 5.75. The van der Waals surface area contributed by atoms with E-state index in [9.17, 15) is 4.79 Å². The molecule has 0 radical (unpaired) electrons. The lowest BCUT2D eigenvalue weighted by Gasteiger charge is -2.38. The predicted molar refractivity (Wildman–Crippen MR) is 93.1 cm³/mol. The van der Waals surface area contributed by atoms with Crippen molar-refractivity contribution >= 4 is 33.3 Å². The van der Waals surface area contributed by atoms with Crippen LogP contribution in [0.25, 0.3) is 10.2 Å². The second-order valence-corrected chi connectivity index (χ2v) is 7.19. The molecule has 2 N–H and O–H groups in total. The number of urea groups is 1. The molecular weight excluding hydrogens is 312 g/mol. The standard InChI is InChI=1S/C16H22N4O2S/c1-16(2)10-20(7-8-22-16)6-5-17-15(21)19-12-3-4-14-13(9-12)18-11-23-14/h3-4,9,11H,5-8,10H2,1-2H3,(H2,17,19,21). The number of carbonyl (C=O) groups excluding carboxylic acids is 1. The summed E-state index contributed by atoms with van der Waals surface area (Å²) in [7, 11) is 0. The molecule has 6 nitrogen and oxygen atoms in total. The number of nitrogens with zero attached hydrogens (tertiary/aromatic N) is 2. The van der Waals surface area contributed by atoms with Gasteiger partial charge < -0.3 is 15.4 Å². The molecule has 124 valence electrons. The number of rotatable bonds is 4. The van der Waals surface area contributed by atoms with E-state index in [0.29, 0.717) is 6.54 Å². The lowest BCUT2D eigenvalue weighted by atomic mass is 10.1. The van der Waals surface area contributed by atoms with Crippen molar-refractivity contribution in [2.24, 2.45) is 0 Å². The number of hydrogen-bond acceptors (Lipinski definition) is 5. The summed E-state index contributed by atoms with van der Waals surface area (Å²) >= 11 is 1.59. The fourth-order valence-electron chi connectivity index (χ4n) is 2.74. The third-order valence-electron chi connectivity index (χ3n) is 3.81. The molecule has 0 spiro atoms. The van der Waals surface area contributed by atoms with Crippen molar-refractivity contribution < 1.29 is 9.53 Å². The fourth-order valence-corrected chi connectivity index (χ4v) is 3.40. The first-order valence-corrected chi connectivity index (χ1v) is 8.64. The minimum Gasteiger partial charge on any atom is -0.373 e. The topological polar surface area (TPSA) is 66.5 Å². The smallest absolute Gasteiger partial charge is 0.319 e. The molecule has 0 saturated carbocycles. The molecule has 0 bridgehead atoms. The molecular formula is C16H22N4O2S. The maximum atomic E-state index is 12.0. The van der Waals surface area contributed by atoms with Crippen LogP contribution >= 0.6 is 11.3 Å². The number of thiazole rings is 1. The molecule has 7 heteroatoms. The Kier molecular flexibility index (Phi) is 4.79. The summed E-state index contributed by atoms with van der Waals surface area (Å²) in [6, 6.07) is 5.56. The molecule has 0 atom stereocenters. The Labute approximate surface area is 139 Å². The Morgan fingerprint density at radius 3 is 3.17 bits per heavy atom. The van der Waals surface area contributed by atoms with Crippen LogP contribution in [-0.4, -0.2) is 54.3 Å². The van der Waals surface area contributed by atoms with Crippen LogP contribution < -0.4 is 10.6 Å². The summed E-state index contributed by atoms with van der Waals surface area (Å²) in [5.74, 6) is 0. The quantitative estimate of drug-likeness (QED) is 0.902. The van der Waals surface area contributed by atoms with Gasteiger partial charge in [0.25, 0.3) is 0 Å². The molecule has 1 aliphatic heterocycles. The van der Waals surface area contributed by atoms with E-state index in [4.69, 9.17) is 4.74 Å². The van der Waals surface area contributed by atoms with Gasteiger partial charge in [-0.3, -0.25) is 4.90 Å². The number of hydrogen-bond donors (Lipinski definition) is 2. The van der Waals surface area contributed by atoms with Gasteiger partial charge in [0, 0.05) is 31.9 Å². The maximum absolute atomic E-state index is 12.0. The first-order chi connectivity index (χ1) is 11.0. The van der Waals surface area contributed by atoms with Crippen molar-refractivity contribution in [3.63, 3.8) is 0 Å². The molecule has 0 aliphatic carbocycles. The maximum Gasteiger partial charge on any atom is 0.319 e. The Morgan fingerprint density at radius 2 is 2.35 bits per heavy atom. The second kappa shape index (κ2) is 6.82. The van der Waals surface area contributed by atoms with Crippen molar-refractivity contribution in [1.29, 1.82) is 0 Å². The van der Waals surface area contributed by atoms with Crippen LogP contribution in [0.4, 0.5) is 10.5 Å². The van der Waals surface area contributed by atoms with Gasteiger partial charge in [0.05, 0.1) is 27.9 Å². The van der Waals surface area contributed by atoms with Crippen molar-refractivity contribution in [2.45, 2.75) is 19.4 Å². The number of nitrogens with one attached hydrogen (secondary N) is 2. The largest absolute Gasteiger partial charge is 0.373 e. The molecule has 1 aromatic heterocycles. The summed E-state index contributed by atoms with van der Waals surface area (Å²) in [6.45, 7) is 8.16. The van der Waals surface area contributed by atoms with Gasteiger partial charge in [-0.15, -0.1) is 11.3 Å². The number of amides is 2. The average Bonchev–Trinajstić information content (AvgIpc) is 2.93. The highest BCUT2D eigenvalue weighted by Gasteiger charge is 2.26. The highest BCUT2D eigenvalue weighted by molar-refractivity contribution is 7.16. The number of carbonyl (C=O) groups is 1. The minimum atomic E-state index is -0.188. The van der Waals surface area contributed by atoms with E-state index in [1.807, 2.05) is 18.2 Å². The van der Waals surface area contributed by atoms with Crippen molar-refractivity contribution in [2.75, 3.05) is 38.1 Å². The van der Waals surface area contributed by atoms with Crippen LogP contribution in [0.2, 0.25) is 0 Å². The van der Waals surface area contributed by atoms with Crippen LogP contribution in [0.1, 0.15) is 13.8 Å². The van der Waals surface area contributed by atoms with E-state index in [-0.39, 0.29) is 11.6 Å². The molecule has 1 aliphatic rings. The zero-order valence-corrected chi connectivity index (χ0v) is 14.3. The van der Waals surface area contributed by atoms with Gasteiger partial charge in [0.15, 0.2) is 0 Å². The molecule has 23 heavy (non-hydrogen) atoms. The summed E-state index contributed by atoms with van der Waals surface area (Å²) in [5.41, 5.74) is 3.36. The van der Waals surface area contributed by atoms with Crippen LogP contribution in [0.15, 0.2) is 23.7 Å². The summed E-state index contributed by atoms with van der Waals surface area (Å²) in [6.07, 6.45) is 0. The van der Waals surface area contributed by atoms with Crippen LogP contribution in [0.5, 0.6) is 0 Å². The number of morpholine rings is 1. The van der Waals surface area contributed by atoms with Crippen molar-refractivity contribution in [1.82, 2.24) is 15.2 Å². The van der Waals surface area contributed by atoms with Gasteiger partial charge in [0.2, 0.25) is 0 Å². The average molecular weight is 334 g/mol. The van der Waals surface area contributed by atoms with E-state index >= 15 is 0 Å². The van der Waals surface area contributed by atoms with Gasteiger partial charge >= 0.3 is 6.03 Å². The molecule has 2 heterocycles. The number of aromatic nitrogens is 1. The number of fused-ring (bicyclic) bond motifs is 1. The monoisotopic (exact) mass is 334 g/mol. The SMILES string of the molecule is CC1(C)CN(CCNC(=O)Nc2ccc3scnc3c2)CCO1. The Balaban J connectivity index is 1.44. The molecule has 1 aromatic carbocycles. The van der Waals surface area contributed by atoms with Crippen LogP contribution in [0.3, 0.4) is 0 Å². The van der Waals surface area contributed by atoms with E-state index in [1.54, 1.807) is 16.8 Å². The van der Waals surface area contributed by atoms with Gasteiger partial charge in [0.1, 0.15) is 0 Å². The molecule has 3 rings (SSSR count). The number of anilines is 1. The van der Waals surface area contributed by atoms with E-state index < -0.39 is 0 Å². The first-order valence-electron chi connectivity index (χ1n) is 7.76. The molecule has 1 saturated heterocycles. The van der Waals surface area contributed by atoms with Gasteiger partial charge in [-0.1, -0.05) is 0 Å². The first kappa shape index (κ1) is 16.2. The lowest BCUT2D eigenvalue weighted by molar-refractivity contribution is -0.0852. The third-order valence-corrected chi connectivity index (χ3v) is 4.62. The fraction of sp³-hybridized carbons (Fsp3) is 0.500. The summed E-state index contributed by atoms with van der Waals surface area (Å²) < 4.78 is 6.80. The minimum absolute atomic E-state index is 0.108. The van der Waals surface area contributed by atoms with Crippen LogP contribution in [-0.2, 0) is 4.74 Å². The molecule has 2 amide bonds. The molecule has 2 aromatic rings. The highest BCUT2D eigenvalue weighted by Crippen LogP contribution is 2.21. The highest BCUT2D eigenvalue weighted by atomic mass is 32.1. The Bertz CT molecular complexity index is 686.